The number of aryl methyl sites for hydroxylation is 2. The molecule has 0 aliphatic heterocycles. The highest BCUT2D eigenvalue weighted by Gasteiger charge is 2.12. The average molecular weight is 309 g/mol. The standard InChI is InChI=1S/C16H14ClFO3/c1-9-6-12(16(19)20)7-10(2)15(9)21-8-11-4-3-5-13(18)14(11)17/h3-7H,8H2,1-2H3,(H,19,20). The summed E-state index contributed by atoms with van der Waals surface area (Å²) in [6, 6.07) is 7.61. The van der Waals surface area contributed by atoms with Crippen molar-refractivity contribution in [2.45, 2.75) is 20.5 Å². The summed E-state index contributed by atoms with van der Waals surface area (Å²) in [7, 11) is 0. The second kappa shape index (κ2) is 6.14. The first-order chi connectivity index (χ1) is 9.90. The maximum Gasteiger partial charge on any atom is 0.335 e. The van der Waals surface area contributed by atoms with E-state index in [1.807, 2.05) is 0 Å². The fourth-order valence-electron chi connectivity index (χ4n) is 2.11. The zero-order valence-corrected chi connectivity index (χ0v) is 12.4. The third-order valence-corrected chi connectivity index (χ3v) is 3.53. The molecule has 0 aliphatic rings. The van der Waals surface area contributed by atoms with Gasteiger partial charge in [0.15, 0.2) is 0 Å². The van der Waals surface area contributed by atoms with Crippen LogP contribution < -0.4 is 4.74 Å². The normalized spacial score (nSPS) is 10.5. The Morgan fingerprint density at radius 1 is 1.29 bits per heavy atom. The highest BCUT2D eigenvalue weighted by atomic mass is 35.5. The van der Waals surface area contributed by atoms with Crippen molar-refractivity contribution in [3.63, 3.8) is 0 Å². The van der Waals surface area contributed by atoms with Crippen LogP contribution in [0.2, 0.25) is 5.02 Å². The van der Waals surface area contributed by atoms with Gasteiger partial charge in [0.2, 0.25) is 0 Å². The number of hydrogen-bond donors (Lipinski definition) is 1. The number of ether oxygens (including phenoxy) is 1. The number of hydrogen-bond acceptors (Lipinski definition) is 2. The maximum absolute atomic E-state index is 13.4. The molecular weight excluding hydrogens is 295 g/mol. The van der Waals surface area contributed by atoms with Crippen molar-refractivity contribution >= 4 is 17.6 Å². The smallest absolute Gasteiger partial charge is 0.335 e. The molecule has 0 saturated heterocycles. The van der Waals surface area contributed by atoms with Gasteiger partial charge in [-0.15, -0.1) is 0 Å². The molecule has 2 rings (SSSR count). The van der Waals surface area contributed by atoms with E-state index < -0.39 is 11.8 Å². The van der Waals surface area contributed by atoms with Crippen LogP contribution in [0, 0.1) is 19.7 Å². The van der Waals surface area contributed by atoms with Crippen LogP contribution >= 0.6 is 11.6 Å². The van der Waals surface area contributed by atoms with Gasteiger partial charge < -0.3 is 9.84 Å². The molecule has 0 spiro atoms. The molecule has 0 atom stereocenters. The third kappa shape index (κ3) is 3.34. The molecule has 0 aliphatic carbocycles. The van der Waals surface area contributed by atoms with Crippen molar-refractivity contribution < 1.29 is 19.0 Å². The lowest BCUT2D eigenvalue weighted by atomic mass is 10.1. The van der Waals surface area contributed by atoms with E-state index in [0.29, 0.717) is 22.4 Å². The van der Waals surface area contributed by atoms with E-state index in [4.69, 9.17) is 21.4 Å². The molecule has 0 amide bonds. The predicted octanol–water partition coefficient (Wildman–Crippen LogP) is 4.37. The summed E-state index contributed by atoms with van der Waals surface area (Å²) in [5.74, 6) is -0.895. The summed E-state index contributed by atoms with van der Waals surface area (Å²) in [5.41, 5.74) is 2.17. The molecule has 0 heterocycles. The highest BCUT2D eigenvalue weighted by molar-refractivity contribution is 6.31. The van der Waals surface area contributed by atoms with Crippen molar-refractivity contribution in [2.24, 2.45) is 0 Å². The van der Waals surface area contributed by atoms with Gasteiger partial charge in [0.05, 0.1) is 10.6 Å². The van der Waals surface area contributed by atoms with Crippen molar-refractivity contribution in [3.8, 4) is 5.75 Å². The molecule has 3 nitrogen and oxygen atoms in total. The van der Waals surface area contributed by atoms with Gasteiger partial charge in [0.25, 0.3) is 0 Å². The van der Waals surface area contributed by atoms with Crippen LogP contribution in [0.15, 0.2) is 30.3 Å². The number of benzene rings is 2. The molecule has 0 fully saturated rings. The van der Waals surface area contributed by atoms with Gasteiger partial charge in [0.1, 0.15) is 18.2 Å². The van der Waals surface area contributed by atoms with E-state index in [9.17, 15) is 9.18 Å². The van der Waals surface area contributed by atoms with E-state index >= 15 is 0 Å². The molecule has 0 radical (unpaired) electrons. The van der Waals surface area contributed by atoms with Crippen LogP contribution in [0.25, 0.3) is 0 Å². The molecule has 0 bridgehead atoms. The zero-order chi connectivity index (χ0) is 15.6. The molecular formula is C16H14ClFO3. The Hall–Kier alpha value is -2.07. The zero-order valence-electron chi connectivity index (χ0n) is 11.6. The molecule has 21 heavy (non-hydrogen) atoms. The lowest BCUT2D eigenvalue weighted by Gasteiger charge is -2.14. The number of carbonyl (C=O) groups is 1. The minimum Gasteiger partial charge on any atom is -0.488 e. The lowest BCUT2D eigenvalue weighted by Crippen LogP contribution is -2.03. The molecule has 1 N–H and O–H groups in total. The van der Waals surface area contributed by atoms with Crippen LogP contribution in [0.3, 0.4) is 0 Å². The summed E-state index contributed by atoms with van der Waals surface area (Å²) in [4.78, 5) is 11.0. The average Bonchev–Trinajstić information content (AvgIpc) is 2.42. The topological polar surface area (TPSA) is 46.5 Å². The van der Waals surface area contributed by atoms with E-state index in [1.165, 1.54) is 18.2 Å². The van der Waals surface area contributed by atoms with E-state index in [-0.39, 0.29) is 17.2 Å². The first kappa shape index (κ1) is 15.3. The number of halogens is 2. The maximum atomic E-state index is 13.4. The first-order valence-electron chi connectivity index (χ1n) is 6.30. The number of carboxylic acid groups (broad SMARTS) is 1. The molecule has 2 aromatic carbocycles. The molecule has 5 heteroatoms. The molecule has 0 aromatic heterocycles. The molecule has 110 valence electrons. The quantitative estimate of drug-likeness (QED) is 0.912. The fourth-order valence-corrected chi connectivity index (χ4v) is 2.29. The van der Waals surface area contributed by atoms with Crippen molar-refractivity contribution in [3.05, 3.63) is 63.4 Å². The molecule has 0 saturated carbocycles. The summed E-state index contributed by atoms with van der Waals surface area (Å²) < 4.78 is 19.0. The summed E-state index contributed by atoms with van der Waals surface area (Å²) in [5, 5.41) is 9.04. The Kier molecular flexibility index (Phi) is 4.48. The van der Waals surface area contributed by atoms with Gasteiger partial charge in [-0.05, 0) is 43.2 Å². The Bertz CT molecular complexity index is 675. The minimum atomic E-state index is -0.985. The Labute approximate surface area is 126 Å². The van der Waals surface area contributed by atoms with Crippen molar-refractivity contribution in [2.75, 3.05) is 0 Å². The van der Waals surface area contributed by atoms with Crippen LogP contribution in [-0.4, -0.2) is 11.1 Å². The van der Waals surface area contributed by atoms with E-state index in [1.54, 1.807) is 26.0 Å². The minimum absolute atomic E-state index is 0.0370. The number of rotatable bonds is 4. The largest absolute Gasteiger partial charge is 0.488 e. The van der Waals surface area contributed by atoms with Gasteiger partial charge in [-0.1, -0.05) is 23.7 Å². The van der Waals surface area contributed by atoms with Crippen molar-refractivity contribution in [1.29, 1.82) is 0 Å². The Balaban J connectivity index is 2.24. The van der Waals surface area contributed by atoms with Crippen LogP contribution in [0.1, 0.15) is 27.0 Å². The SMILES string of the molecule is Cc1cc(C(=O)O)cc(C)c1OCc1cccc(F)c1Cl. The second-order valence-corrected chi connectivity index (χ2v) is 5.12. The van der Waals surface area contributed by atoms with Crippen molar-refractivity contribution in [1.82, 2.24) is 0 Å². The van der Waals surface area contributed by atoms with Gasteiger partial charge in [-0.25, -0.2) is 9.18 Å². The first-order valence-corrected chi connectivity index (χ1v) is 6.68. The third-order valence-electron chi connectivity index (χ3n) is 3.11. The highest BCUT2D eigenvalue weighted by Crippen LogP contribution is 2.27. The Morgan fingerprint density at radius 3 is 2.48 bits per heavy atom. The predicted molar refractivity (Wildman–Crippen MR) is 78.6 cm³/mol. The molecule has 0 unspecified atom stereocenters. The Morgan fingerprint density at radius 2 is 1.90 bits per heavy atom. The van der Waals surface area contributed by atoms with E-state index in [0.717, 1.165) is 0 Å². The lowest BCUT2D eigenvalue weighted by molar-refractivity contribution is 0.0696. The molecule has 2 aromatic rings. The van der Waals surface area contributed by atoms with Gasteiger partial charge in [-0.2, -0.15) is 0 Å². The van der Waals surface area contributed by atoms with E-state index in [2.05, 4.69) is 0 Å². The van der Waals surface area contributed by atoms with Crippen LogP contribution in [-0.2, 0) is 6.61 Å². The number of carboxylic acids is 1. The van der Waals surface area contributed by atoms with Crippen LogP contribution in [0.5, 0.6) is 5.75 Å². The summed E-state index contributed by atoms with van der Waals surface area (Å²) in [6.07, 6.45) is 0. The summed E-state index contributed by atoms with van der Waals surface area (Å²) in [6.45, 7) is 3.65. The van der Waals surface area contributed by atoms with Gasteiger partial charge in [-0.3, -0.25) is 0 Å². The summed E-state index contributed by atoms with van der Waals surface area (Å²) >= 11 is 5.87. The van der Waals surface area contributed by atoms with Gasteiger partial charge in [0, 0.05) is 5.56 Å². The second-order valence-electron chi connectivity index (χ2n) is 4.75. The van der Waals surface area contributed by atoms with Crippen LogP contribution in [0.4, 0.5) is 4.39 Å². The monoisotopic (exact) mass is 308 g/mol. The fraction of sp³-hybridized carbons (Fsp3) is 0.188. The van der Waals surface area contributed by atoms with Gasteiger partial charge >= 0.3 is 5.97 Å². The number of aromatic carboxylic acids is 1.